The van der Waals surface area contributed by atoms with E-state index in [1.54, 1.807) is 6.20 Å². The second-order valence-electron chi connectivity index (χ2n) is 4.39. The topological polar surface area (TPSA) is 47.3 Å². The second kappa shape index (κ2) is 6.38. The van der Waals surface area contributed by atoms with E-state index in [0.29, 0.717) is 12.4 Å². The van der Waals surface area contributed by atoms with Crippen molar-refractivity contribution >= 4 is 0 Å². The Balaban J connectivity index is 2.25. The van der Waals surface area contributed by atoms with Crippen LogP contribution in [0.3, 0.4) is 0 Å². The first-order valence-electron chi connectivity index (χ1n) is 6.68. The molecule has 0 amide bonds. The molecule has 4 nitrogen and oxygen atoms in total. The van der Waals surface area contributed by atoms with E-state index in [9.17, 15) is 5.11 Å². The van der Waals surface area contributed by atoms with Gasteiger partial charge in [0.1, 0.15) is 17.7 Å². The van der Waals surface area contributed by atoms with Gasteiger partial charge >= 0.3 is 0 Å². The molecule has 0 fully saturated rings. The van der Waals surface area contributed by atoms with E-state index in [4.69, 9.17) is 4.74 Å². The molecule has 0 saturated heterocycles. The summed E-state index contributed by atoms with van der Waals surface area (Å²) in [5, 5.41) is 10.4. The highest BCUT2D eigenvalue weighted by molar-refractivity contribution is 5.32. The summed E-state index contributed by atoms with van der Waals surface area (Å²) in [4.78, 5) is 4.26. The minimum Gasteiger partial charge on any atom is -0.494 e. The first-order chi connectivity index (χ1) is 9.26. The molecular formula is C15H20N2O2. The van der Waals surface area contributed by atoms with Gasteiger partial charge in [-0.1, -0.05) is 19.1 Å². The molecule has 102 valence electrons. The lowest BCUT2D eigenvalue weighted by Gasteiger charge is -2.14. The number of aryl methyl sites for hydroxylation is 1. The van der Waals surface area contributed by atoms with E-state index < -0.39 is 6.10 Å². The van der Waals surface area contributed by atoms with Crippen LogP contribution in [0.1, 0.15) is 37.8 Å². The number of imidazole rings is 1. The van der Waals surface area contributed by atoms with Crippen molar-refractivity contribution in [1.82, 2.24) is 9.55 Å². The summed E-state index contributed by atoms with van der Waals surface area (Å²) < 4.78 is 7.44. The van der Waals surface area contributed by atoms with Gasteiger partial charge in [-0.05, 0) is 31.0 Å². The van der Waals surface area contributed by atoms with Crippen molar-refractivity contribution in [1.29, 1.82) is 0 Å². The number of hydrogen-bond acceptors (Lipinski definition) is 3. The van der Waals surface area contributed by atoms with Crippen molar-refractivity contribution in [2.75, 3.05) is 6.61 Å². The van der Waals surface area contributed by atoms with E-state index in [1.807, 2.05) is 42.0 Å². The fourth-order valence-electron chi connectivity index (χ4n) is 2.09. The van der Waals surface area contributed by atoms with Crippen LogP contribution >= 0.6 is 0 Å². The Kier molecular flexibility index (Phi) is 4.58. The highest BCUT2D eigenvalue weighted by atomic mass is 16.5. The smallest absolute Gasteiger partial charge is 0.142 e. The van der Waals surface area contributed by atoms with Gasteiger partial charge in [-0.25, -0.2) is 4.98 Å². The maximum atomic E-state index is 10.4. The Morgan fingerprint density at radius 2 is 2.21 bits per heavy atom. The standard InChI is InChI=1S/C15H20N2O2/c1-3-9-17-10-8-16-15(17)14(18)12-6-5-7-13(11-12)19-4-2/h5-8,10-11,14,18H,3-4,9H2,1-2H3. The average molecular weight is 260 g/mol. The number of aliphatic hydroxyl groups is 1. The lowest BCUT2D eigenvalue weighted by molar-refractivity contribution is 0.203. The van der Waals surface area contributed by atoms with Crippen LogP contribution in [0, 0.1) is 0 Å². The zero-order valence-corrected chi connectivity index (χ0v) is 11.4. The Labute approximate surface area is 113 Å². The largest absolute Gasteiger partial charge is 0.494 e. The third kappa shape index (κ3) is 3.15. The van der Waals surface area contributed by atoms with E-state index >= 15 is 0 Å². The molecule has 1 unspecified atom stereocenters. The van der Waals surface area contributed by atoms with Crippen LogP contribution in [0.5, 0.6) is 5.75 Å². The number of aliphatic hydroxyl groups excluding tert-OH is 1. The highest BCUT2D eigenvalue weighted by Gasteiger charge is 2.16. The summed E-state index contributed by atoms with van der Waals surface area (Å²) in [6.07, 6.45) is 3.91. The van der Waals surface area contributed by atoms with Crippen molar-refractivity contribution < 1.29 is 9.84 Å². The second-order valence-corrected chi connectivity index (χ2v) is 4.39. The predicted octanol–water partition coefficient (Wildman–Crippen LogP) is 2.77. The molecule has 0 radical (unpaired) electrons. The maximum Gasteiger partial charge on any atom is 0.142 e. The minimum atomic E-state index is -0.720. The zero-order chi connectivity index (χ0) is 13.7. The number of ether oxygens (including phenoxy) is 1. The van der Waals surface area contributed by atoms with E-state index in [1.165, 1.54) is 0 Å². The molecule has 2 rings (SSSR count). The summed E-state index contributed by atoms with van der Waals surface area (Å²) in [5.41, 5.74) is 0.800. The van der Waals surface area contributed by atoms with Crippen LogP contribution in [0.2, 0.25) is 0 Å². The molecule has 0 spiro atoms. The van der Waals surface area contributed by atoms with Gasteiger partial charge in [0.2, 0.25) is 0 Å². The predicted molar refractivity (Wildman–Crippen MR) is 74.2 cm³/mol. The van der Waals surface area contributed by atoms with Gasteiger partial charge < -0.3 is 14.4 Å². The van der Waals surface area contributed by atoms with Crippen molar-refractivity contribution in [3.05, 3.63) is 48.0 Å². The monoisotopic (exact) mass is 260 g/mol. The maximum absolute atomic E-state index is 10.4. The first-order valence-corrected chi connectivity index (χ1v) is 6.68. The van der Waals surface area contributed by atoms with Crippen LogP contribution in [0.4, 0.5) is 0 Å². The number of hydrogen-bond donors (Lipinski definition) is 1. The average Bonchev–Trinajstić information content (AvgIpc) is 2.87. The number of aromatic nitrogens is 2. The quantitative estimate of drug-likeness (QED) is 0.868. The number of benzene rings is 1. The Morgan fingerprint density at radius 1 is 1.37 bits per heavy atom. The molecule has 19 heavy (non-hydrogen) atoms. The first kappa shape index (κ1) is 13.6. The Bertz CT molecular complexity index is 522. The van der Waals surface area contributed by atoms with Crippen LogP contribution in [0.25, 0.3) is 0 Å². The lowest BCUT2D eigenvalue weighted by Crippen LogP contribution is -2.09. The molecule has 2 aromatic rings. The summed E-state index contributed by atoms with van der Waals surface area (Å²) in [5.74, 6) is 1.45. The third-order valence-electron chi connectivity index (χ3n) is 2.94. The molecule has 0 aliphatic heterocycles. The van der Waals surface area contributed by atoms with Crippen molar-refractivity contribution in [2.24, 2.45) is 0 Å². The van der Waals surface area contributed by atoms with Gasteiger partial charge in [0.25, 0.3) is 0 Å². The number of nitrogens with zero attached hydrogens (tertiary/aromatic N) is 2. The van der Waals surface area contributed by atoms with Crippen LogP contribution < -0.4 is 4.74 Å². The molecule has 0 saturated carbocycles. The fourth-order valence-corrected chi connectivity index (χ4v) is 2.09. The summed E-state index contributed by atoms with van der Waals surface area (Å²) in [6, 6.07) is 7.52. The molecule has 0 aliphatic rings. The fraction of sp³-hybridized carbons (Fsp3) is 0.400. The van der Waals surface area contributed by atoms with Crippen LogP contribution in [0.15, 0.2) is 36.7 Å². The van der Waals surface area contributed by atoms with E-state index in [0.717, 1.165) is 24.3 Å². The third-order valence-corrected chi connectivity index (χ3v) is 2.94. The molecule has 1 N–H and O–H groups in total. The summed E-state index contributed by atoms with van der Waals surface area (Å²) >= 11 is 0. The van der Waals surface area contributed by atoms with Gasteiger partial charge in [-0.15, -0.1) is 0 Å². The minimum absolute atomic E-state index is 0.615. The van der Waals surface area contributed by atoms with Gasteiger partial charge in [0.15, 0.2) is 0 Å². The Hall–Kier alpha value is -1.81. The van der Waals surface area contributed by atoms with E-state index in [2.05, 4.69) is 11.9 Å². The van der Waals surface area contributed by atoms with E-state index in [-0.39, 0.29) is 0 Å². The molecule has 0 aliphatic carbocycles. The zero-order valence-electron chi connectivity index (χ0n) is 11.4. The van der Waals surface area contributed by atoms with Crippen LogP contribution in [-0.2, 0) is 6.54 Å². The molecule has 1 heterocycles. The molecule has 4 heteroatoms. The van der Waals surface area contributed by atoms with Gasteiger partial charge in [0, 0.05) is 18.9 Å². The summed E-state index contributed by atoms with van der Waals surface area (Å²) in [7, 11) is 0. The van der Waals surface area contributed by atoms with Gasteiger partial charge in [-0.3, -0.25) is 0 Å². The summed E-state index contributed by atoms with van der Waals surface area (Å²) in [6.45, 7) is 5.52. The number of rotatable bonds is 6. The molecule has 1 aromatic carbocycles. The van der Waals surface area contributed by atoms with Gasteiger partial charge in [-0.2, -0.15) is 0 Å². The SMILES string of the molecule is CCCn1ccnc1C(O)c1cccc(OCC)c1. The lowest BCUT2D eigenvalue weighted by atomic mass is 10.1. The van der Waals surface area contributed by atoms with Crippen LogP contribution in [-0.4, -0.2) is 21.3 Å². The highest BCUT2D eigenvalue weighted by Crippen LogP contribution is 2.24. The van der Waals surface area contributed by atoms with Crippen molar-refractivity contribution in [3.8, 4) is 5.75 Å². The van der Waals surface area contributed by atoms with Crippen molar-refractivity contribution in [3.63, 3.8) is 0 Å². The Morgan fingerprint density at radius 3 is 2.95 bits per heavy atom. The molecular weight excluding hydrogens is 240 g/mol. The molecule has 0 bridgehead atoms. The normalized spacial score (nSPS) is 12.4. The molecule has 1 aromatic heterocycles. The van der Waals surface area contributed by atoms with Gasteiger partial charge in [0.05, 0.1) is 6.61 Å². The molecule has 1 atom stereocenters. The van der Waals surface area contributed by atoms with Crippen molar-refractivity contribution in [2.45, 2.75) is 32.9 Å².